The molecular formula is C15H17NO2. The van der Waals surface area contributed by atoms with Crippen LogP contribution in [0.4, 0.5) is 5.69 Å². The molecule has 2 aromatic rings. The molecule has 3 heteroatoms. The summed E-state index contributed by atoms with van der Waals surface area (Å²) in [6.45, 7) is 6.09. The van der Waals surface area contributed by atoms with E-state index in [0.717, 1.165) is 17.2 Å². The number of fused-ring (bicyclic) bond motifs is 1. The van der Waals surface area contributed by atoms with Crippen molar-refractivity contribution >= 4 is 5.69 Å². The normalized spacial score (nSPS) is 21.2. The Kier molecular flexibility index (Phi) is 2.45. The van der Waals surface area contributed by atoms with Crippen molar-refractivity contribution in [3.8, 4) is 0 Å². The molecule has 1 aliphatic heterocycles. The standard InChI is InChI=1S/C15H17NO2/c1-10-8-9-13(17-10)14-16-12-7-5-4-6-11(12)15(2,3)18-14/h4-9,14,16H,1-3H3/t14-/m1/s1. The fourth-order valence-corrected chi connectivity index (χ4v) is 2.39. The van der Waals surface area contributed by atoms with E-state index < -0.39 is 0 Å². The summed E-state index contributed by atoms with van der Waals surface area (Å²) in [5.74, 6) is 1.71. The average Bonchev–Trinajstić information content (AvgIpc) is 2.75. The van der Waals surface area contributed by atoms with Gasteiger partial charge in [-0.2, -0.15) is 0 Å². The van der Waals surface area contributed by atoms with Crippen LogP contribution in [0.15, 0.2) is 40.8 Å². The van der Waals surface area contributed by atoms with Crippen molar-refractivity contribution < 1.29 is 9.15 Å². The smallest absolute Gasteiger partial charge is 0.187 e. The lowest BCUT2D eigenvalue weighted by Crippen LogP contribution is -2.33. The maximum absolute atomic E-state index is 6.09. The van der Waals surface area contributed by atoms with Crippen molar-refractivity contribution in [3.05, 3.63) is 53.5 Å². The molecule has 2 heterocycles. The molecule has 0 amide bonds. The van der Waals surface area contributed by atoms with E-state index in [1.165, 1.54) is 5.56 Å². The summed E-state index contributed by atoms with van der Waals surface area (Å²) in [5.41, 5.74) is 1.95. The number of hydrogen-bond donors (Lipinski definition) is 1. The maximum Gasteiger partial charge on any atom is 0.187 e. The molecule has 3 nitrogen and oxygen atoms in total. The lowest BCUT2D eigenvalue weighted by molar-refractivity contribution is -0.0811. The minimum Gasteiger partial charge on any atom is -0.462 e. The number of rotatable bonds is 1. The van der Waals surface area contributed by atoms with E-state index in [4.69, 9.17) is 9.15 Å². The van der Waals surface area contributed by atoms with Crippen LogP contribution in [0.25, 0.3) is 0 Å². The van der Waals surface area contributed by atoms with Crippen LogP contribution >= 0.6 is 0 Å². The van der Waals surface area contributed by atoms with Crippen LogP contribution < -0.4 is 5.32 Å². The molecular weight excluding hydrogens is 226 g/mol. The molecule has 94 valence electrons. The van der Waals surface area contributed by atoms with Gasteiger partial charge in [0.05, 0.1) is 5.60 Å². The predicted molar refractivity (Wildman–Crippen MR) is 70.4 cm³/mol. The van der Waals surface area contributed by atoms with Crippen LogP contribution in [-0.4, -0.2) is 0 Å². The van der Waals surface area contributed by atoms with Crippen molar-refractivity contribution in [2.24, 2.45) is 0 Å². The van der Waals surface area contributed by atoms with Gasteiger partial charge in [-0.3, -0.25) is 0 Å². The number of para-hydroxylation sites is 1. The number of aryl methyl sites for hydroxylation is 1. The summed E-state index contributed by atoms with van der Waals surface area (Å²) in [4.78, 5) is 0. The highest BCUT2D eigenvalue weighted by molar-refractivity contribution is 5.55. The number of anilines is 1. The van der Waals surface area contributed by atoms with Crippen LogP contribution in [0, 0.1) is 6.92 Å². The van der Waals surface area contributed by atoms with Gasteiger partial charge in [0.25, 0.3) is 0 Å². The molecule has 0 unspecified atom stereocenters. The Morgan fingerprint density at radius 3 is 2.61 bits per heavy atom. The van der Waals surface area contributed by atoms with E-state index in [9.17, 15) is 0 Å². The monoisotopic (exact) mass is 243 g/mol. The minimum atomic E-state index is -0.326. The van der Waals surface area contributed by atoms with Crippen LogP contribution in [-0.2, 0) is 10.3 Å². The summed E-state index contributed by atoms with van der Waals surface area (Å²) in [6.07, 6.45) is -0.233. The van der Waals surface area contributed by atoms with Gasteiger partial charge in [0.15, 0.2) is 12.0 Å². The Hall–Kier alpha value is -1.74. The van der Waals surface area contributed by atoms with E-state index in [2.05, 4.69) is 31.3 Å². The molecule has 0 bridgehead atoms. The van der Waals surface area contributed by atoms with Gasteiger partial charge >= 0.3 is 0 Å². The molecule has 1 N–H and O–H groups in total. The SMILES string of the molecule is Cc1ccc([C@@H]2Nc3ccccc3C(C)(C)O2)o1. The van der Waals surface area contributed by atoms with E-state index >= 15 is 0 Å². The largest absolute Gasteiger partial charge is 0.462 e. The summed E-state index contributed by atoms with van der Waals surface area (Å²) >= 11 is 0. The lowest BCUT2D eigenvalue weighted by atomic mass is 9.94. The third-order valence-electron chi connectivity index (χ3n) is 3.29. The third-order valence-corrected chi connectivity index (χ3v) is 3.29. The number of furan rings is 1. The molecule has 0 spiro atoms. The van der Waals surface area contributed by atoms with Gasteiger partial charge in [0, 0.05) is 11.3 Å². The van der Waals surface area contributed by atoms with Crippen LogP contribution in [0.1, 0.15) is 37.2 Å². The van der Waals surface area contributed by atoms with Gasteiger partial charge in [-0.25, -0.2) is 0 Å². The topological polar surface area (TPSA) is 34.4 Å². The zero-order valence-corrected chi connectivity index (χ0v) is 10.9. The second-order valence-electron chi connectivity index (χ2n) is 5.15. The highest BCUT2D eigenvalue weighted by Gasteiger charge is 2.34. The fourth-order valence-electron chi connectivity index (χ4n) is 2.39. The zero-order valence-electron chi connectivity index (χ0n) is 10.9. The third kappa shape index (κ3) is 1.81. The van der Waals surface area contributed by atoms with E-state index in [-0.39, 0.29) is 11.8 Å². The van der Waals surface area contributed by atoms with Gasteiger partial charge in [0.2, 0.25) is 0 Å². The molecule has 0 fully saturated rings. The van der Waals surface area contributed by atoms with Crippen molar-refractivity contribution in [2.45, 2.75) is 32.6 Å². The minimum absolute atomic E-state index is 0.233. The molecule has 1 aromatic carbocycles. The first-order chi connectivity index (χ1) is 8.56. The lowest BCUT2D eigenvalue weighted by Gasteiger charge is -2.38. The Morgan fingerprint density at radius 1 is 1.11 bits per heavy atom. The second kappa shape index (κ2) is 3.89. The first-order valence-electron chi connectivity index (χ1n) is 6.16. The summed E-state index contributed by atoms with van der Waals surface area (Å²) in [5, 5.41) is 3.37. The maximum atomic E-state index is 6.09. The van der Waals surface area contributed by atoms with Gasteiger partial charge in [-0.1, -0.05) is 18.2 Å². The van der Waals surface area contributed by atoms with Crippen LogP contribution in [0.2, 0.25) is 0 Å². The Labute approximate surface area is 107 Å². The van der Waals surface area contributed by atoms with Crippen LogP contribution in [0.5, 0.6) is 0 Å². The Balaban J connectivity index is 2.00. The van der Waals surface area contributed by atoms with Crippen molar-refractivity contribution in [1.82, 2.24) is 0 Å². The van der Waals surface area contributed by atoms with Gasteiger partial charge in [-0.05, 0) is 39.0 Å². The molecule has 0 radical (unpaired) electrons. The number of ether oxygens (including phenoxy) is 1. The molecule has 3 rings (SSSR count). The highest BCUT2D eigenvalue weighted by atomic mass is 16.5. The van der Waals surface area contributed by atoms with E-state index in [0.29, 0.717) is 0 Å². The zero-order chi connectivity index (χ0) is 12.8. The summed E-state index contributed by atoms with van der Waals surface area (Å²) in [6, 6.07) is 12.1. The first-order valence-corrected chi connectivity index (χ1v) is 6.16. The van der Waals surface area contributed by atoms with E-state index in [1.807, 2.05) is 31.2 Å². The van der Waals surface area contributed by atoms with Gasteiger partial charge < -0.3 is 14.5 Å². The van der Waals surface area contributed by atoms with Crippen LogP contribution in [0.3, 0.4) is 0 Å². The second-order valence-corrected chi connectivity index (χ2v) is 5.15. The number of benzene rings is 1. The first kappa shape index (κ1) is 11.4. The molecule has 1 aromatic heterocycles. The number of hydrogen-bond acceptors (Lipinski definition) is 3. The highest BCUT2D eigenvalue weighted by Crippen LogP contribution is 2.41. The molecule has 1 atom stereocenters. The molecule has 1 aliphatic rings. The van der Waals surface area contributed by atoms with Gasteiger partial charge in [-0.15, -0.1) is 0 Å². The Bertz CT molecular complexity index is 571. The molecule has 0 aliphatic carbocycles. The van der Waals surface area contributed by atoms with E-state index in [1.54, 1.807) is 0 Å². The number of nitrogens with one attached hydrogen (secondary N) is 1. The molecule has 18 heavy (non-hydrogen) atoms. The van der Waals surface area contributed by atoms with Crippen molar-refractivity contribution in [3.63, 3.8) is 0 Å². The van der Waals surface area contributed by atoms with Gasteiger partial charge in [0.1, 0.15) is 5.76 Å². The molecule has 0 saturated heterocycles. The quantitative estimate of drug-likeness (QED) is 0.823. The van der Waals surface area contributed by atoms with Crippen molar-refractivity contribution in [2.75, 3.05) is 5.32 Å². The molecule has 0 saturated carbocycles. The predicted octanol–water partition coefficient (Wildman–Crippen LogP) is 3.96. The fraction of sp³-hybridized carbons (Fsp3) is 0.333. The summed E-state index contributed by atoms with van der Waals surface area (Å²) in [7, 11) is 0. The Morgan fingerprint density at radius 2 is 1.89 bits per heavy atom. The summed E-state index contributed by atoms with van der Waals surface area (Å²) < 4.78 is 11.7. The average molecular weight is 243 g/mol. The van der Waals surface area contributed by atoms with Crippen molar-refractivity contribution in [1.29, 1.82) is 0 Å².